The van der Waals surface area contributed by atoms with Crippen LogP contribution in [0.1, 0.15) is 12.8 Å². The molecule has 0 spiro atoms. The Morgan fingerprint density at radius 2 is 1.68 bits per heavy atom. The summed E-state index contributed by atoms with van der Waals surface area (Å²) in [7, 11) is 0. The second kappa shape index (κ2) is 5.56. The molecule has 4 nitrogen and oxygen atoms in total. The van der Waals surface area contributed by atoms with E-state index in [2.05, 4.69) is 33.5 Å². The third-order valence-corrected chi connectivity index (χ3v) is 3.89. The van der Waals surface area contributed by atoms with Gasteiger partial charge in [-0.15, -0.1) is 0 Å². The molecule has 0 amide bonds. The van der Waals surface area contributed by atoms with Gasteiger partial charge in [0.25, 0.3) is 0 Å². The van der Waals surface area contributed by atoms with Crippen LogP contribution in [0, 0.1) is 0 Å². The minimum atomic E-state index is 0.420. The zero-order valence-electron chi connectivity index (χ0n) is 12.1. The summed E-state index contributed by atoms with van der Waals surface area (Å²) in [5.41, 5.74) is 1.94. The monoisotopic (exact) mass is 288 g/mol. The lowest BCUT2D eigenvalue weighted by molar-refractivity contribution is 0.782. The van der Waals surface area contributed by atoms with E-state index in [9.17, 15) is 0 Å². The first-order chi connectivity index (χ1) is 10.9. The van der Waals surface area contributed by atoms with Gasteiger partial charge in [0.2, 0.25) is 0 Å². The van der Waals surface area contributed by atoms with Gasteiger partial charge in [0, 0.05) is 29.4 Å². The standard InChI is InChI=1S/C18H16N4/c1-2-6-14(5-1)20-18-15-7-3-4-8-16(15)21-17(22-18)13-9-11-19-12-10-13/h1-4,7-12,14H,5-6H2,(H,20,21,22). The van der Waals surface area contributed by atoms with Crippen molar-refractivity contribution in [3.8, 4) is 11.4 Å². The molecular weight excluding hydrogens is 272 g/mol. The van der Waals surface area contributed by atoms with Crippen LogP contribution in [0.3, 0.4) is 0 Å². The van der Waals surface area contributed by atoms with Gasteiger partial charge >= 0.3 is 0 Å². The van der Waals surface area contributed by atoms with Crippen LogP contribution < -0.4 is 5.32 Å². The Morgan fingerprint density at radius 3 is 2.50 bits per heavy atom. The largest absolute Gasteiger partial charge is 0.366 e. The summed E-state index contributed by atoms with van der Waals surface area (Å²) in [5.74, 6) is 1.64. The SMILES string of the molecule is C1=CCC(Nc2nc(-c3ccncc3)nc3ccccc23)C1. The highest BCUT2D eigenvalue weighted by molar-refractivity contribution is 5.90. The maximum Gasteiger partial charge on any atom is 0.162 e. The number of nitrogens with one attached hydrogen (secondary N) is 1. The molecule has 0 unspecified atom stereocenters. The minimum Gasteiger partial charge on any atom is -0.366 e. The van der Waals surface area contributed by atoms with Gasteiger partial charge in [-0.05, 0) is 37.1 Å². The van der Waals surface area contributed by atoms with Crippen molar-refractivity contribution in [2.24, 2.45) is 0 Å². The Bertz CT molecular complexity index is 819. The van der Waals surface area contributed by atoms with E-state index < -0.39 is 0 Å². The summed E-state index contributed by atoms with van der Waals surface area (Å²) < 4.78 is 0. The molecule has 0 bridgehead atoms. The van der Waals surface area contributed by atoms with E-state index in [1.54, 1.807) is 12.4 Å². The van der Waals surface area contributed by atoms with Crippen molar-refractivity contribution in [2.75, 3.05) is 5.32 Å². The van der Waals surface area contributed by atoms with Crippen LogP contribution in [0.4, 0.5) is 5.82 Å². The predicted molar refractivity (Wildman–Crippen MR) is 88.6 cm³/mol. The Kier molecular flexibility index (Phi) is 3.27. The first kappa shape index (κ1) is 13.0. The van der Waals surface area contributed by atoms with E-state index >= 15 is 0 Å². The summed E-state index contributed by atoms with van der Waals surface area (Å²) in [5, 5.41) is 4.63. The van der Waals surface area contributed by atoms with Gasteiger partial charge < -0.3 is 5.32 Å². The summed E-state index contributed by atoms with van der Waals surface area (Å²) in [4.78, 5) is 13.5. The highest BCUT2D eigenvalue weighted by Gasteiger charge is 2.14. The number of rotatable bonds is 3. The van der Waals surface area contributed by atoms with Gasteiger partial charge in [-0.2, -0.15) is 0 Å². The molecule has 2 aromatic heterocycles. The number of aromatic nitrogens is 3. The molecule has 1 aliphatic carbocycles. The average Bonchev–Trinajstić information content (AvgIpc) is 3.09. The Hall–Kier alpha value is -2.75. The lowest BCUT2D eigenvalue weighted by atomic mass is 10.2. The fourth-order valence-electron chi connectivity index (χ4n) is 2.75. The molecule has 108 valence electrons. The normalized spacial score (nSPS) is 14.5. The molecule has 4 rings (SSSR count). The number of anilines is 1. The van der Waals surface area contributed by atoms with Gasteiger partial charge in [0.15, 0.2) is 5.82 Å². The van der Waals surface area contributed by atoms with Crippen molar-refractivity contribution in [2.45, 2.75) is 18.9 Å². The first-order valence-corrected chi connectivity index (χ1v) is 7.49. The Labute approximate surface area is 129 Å². The number of pyridine rings is 1. The van der Waals surface area contributed by atoms with E-state index in [0.717, 1.165) is 41.0 Å². The van der Waals surface area contributed by atoms with Crippen LogP contribution in [0.5, 0.6) is 0 Å². The minimum absolute atomic E-state index is 0.420. The van der Waals surface area contributed by atoms with E-state index in [4.69, 9.17) is 4.98 Å². The summed E-state index contributed by atoms with van der Waals surface area (Å²) in [6, 6.07) is 12.4. The van der Waals surface area contributed by atoms with E-state index in [1.165, 1.54) is 0 Å². The van der Waals surface area contributed by atoms with E-state index in [0.29, 0.717) is 6.04 Å². The lowest BCUT2D eigenvalue weighted by Gasteiger charge is -2.15. The van der Waals surface area contributed by atoms with Crippen molar-refractivity contribution in [3.63, 3.8) is 0 Å². The van der Waals surface area contributed by atoms with Crippen LogP contribution in [0.15, 0.2) is 60.9 Å². The Balaban J connectivity index is 1.82. The lowest BCUT2D eigenvalue weighted by Crippen LogP contribution is -2.16. The summed E-state index contributed by atoms with van der Waals surface area (Å²) >= 11 is 0. The second-order valence-electron chi connectivity index (χ2n) is 5.43. The molecule has 1 aromatic carbocycles. The van der Waals surface area contributed by atoms with Crippen molar-refractivity contribution in [1.82, 2.24) is 15.0 Å². The second-order valence-corrected chi connectivity index (χ2v) is 5.43. The third kappa shape index (κ3) is 2.44. The number of nitrogens with zero attached hydrogens (tertiary/aromatic N) is 3. The molecule has 0 saturated heterocycles. The fourth-order valence-corrected chi connectivity index (χ4v) is 2.75. The van der Waals surface area contributed by atoms with Crippen LogP contribution in [-0.2, 0) is 0 Å². The van der Waals surface area contributed by atoms with Gasteiger partial charge in [-0.25, -0.2) is 9.97 Å². The molecule has 1 N–H and O–H groups in total. The number of hydrogen-bond donors (Lipinski definition) is 1. The topological polar surface area (TPSA) is 50.7 Å². The summed E-state index contributed by atoms with van der Waals surface area (Å²) in [6.07, 6.45) is 10.0. The van der Waals surface area contributed by atoms with Crippen molar-refractivity contribution in [1.29, 1.82) is 0 Å². The smallest absolute Gasteiger partial charge is 0.162 e. The van der Waals surface area contributed by atoms with Gasteiger partial charge in [-0.1, -0.05) is 24.3 Å². The molecule has 0 radical (unpaired) electrons. The fraction of sp³-hybridized carbons (Fsp3) is 0.167. The zero-order valence-corrected chi connectivity index (χ0v) is 12.1. The molecule has 22 heavy (non-hydrogen) atoms. The van der Waals surface area contributed by atoms with Crippen LogP contribution in [0.2, 0.25) is 0 Å². The van der Waals surface area contributed by atoms with Gasteiger partial charge in [-0.3, -0.25) is 4.98 Å². The highest BCUT2D eigenvalue weighted by Crippen LogP contribution is 2.26. The zero-order chi connectivity index (χ0) is 14.8. The molecule has 3 aromatic rings. The maximum absolute atomic E-state index is 4.76. The third-order valence-electron chi connectivity index (χ3n) is 3.89. The first-order valence-electron chi connectivity index (χ1n) is 7.49. The quantitative estimate of drug-likeness (QED) is 0.744. The van der Waals surface area contributed by atoms with Crippen molar-refractivity contribution < 1.29 is 0 Å². The molecule has 0 aliphatic heterocycles. The molecule has 0 atom stereocenters. The van der Waals surface area contributed by atoms with Crippen LogP contribution in [-0.4, -0.2) is 21.0 Å². The number of hydrogen-bond acceptors (Lipinski definition) is 4. The van der Waals surface area contributed by atoms with Crippen LogP contribution in [0.25, 0.3) is 22.3 Å². The molecule has 1 aliphatic rings. The molecule has 4 heteroatoms. The molecular formula is C18H16N4. The van der Waals surface area contributed by atoms with E-state index in [-0.39, 0.29) is 0 Å². The summed E-state index contributed by atoms with van der Waals surface area (Å²) in [6.45, 7) is 0. The molecule has 0 saturated carbocycles. The maximum atomic E-state index is 4.76. The molecule has 0 fully saturated rings. The highest BCUT2D eigenvalue weighted by atomic mass is 15.1. The number of benzene rings is 1. The molecule has 2 heterocycles. The predicted octanol–water partition coefficient (Wildman–Crippen LogP) is 3.82. The van der Waals surface area contributed by atoms with Crippen LogP contribution >= 0.6 is 0 Å². The number of fused-ring (bicyclic) bond motifs is 1. The Morgan fingerprint density at radius 1 is 0.909 bits per heavy atom. The average molecular weight is 288 g/mol. The van der Waals surface area contributed by atoms with E-state index in [1.807, 2.05) is 30.3 Å². The van der Waals surface area contributed by atoms with Crippen molar-refractivity contribution in [3.05, 3.63) is 60.9 Å². The van der Waals surface area contributed by atoms with Gasteiger partial charge in [0.1, 0.15) is 5.82 Å². The van der Waals surface area contributed by atoms with Crippen molar-refractivity contribution >= 4 is 16.7 Å². The van der Waals surface area contributed by atoms with Gasteiger partial charge in [0.05, 0.1) is 5.52 Å². The number of para-hydroxylation sites is 1.